The molecule has 0 saturated heterocycles. The zero-order valence-corrected chi connectivity index (χ0v) is 12.5. The van der Waals surface area contributed by atoms with Gasteiger partial charge in [-0.1, -0.05) is 0 Å². The number of benzene rings is 1. The monoisotopic (exact) mass is 329 g/mol. The van der Waals surface area contributed by atoms with Gasteiger partial charge in [-0.2, -0.15) is 5.10 Å². The number of hydrogen-bond acceptors (Lipinski definition) is 5. The fourth-order valence-corrected chi connectivity index (χ4v) is 2.63. The van der Waals surface area contributed by atoms with Gasteiger partial charge in [-0.15, -0.1) is 0 Å². The maximum absolute atomic E-state index is 11.9. The van der Waals surface area contributed by atoms with Gasteiger partial charge in [0.1, 0.15) is 16.3 Å². The van der Waals surface area contributed by atoms with Crippen molar-refractivity contribution in [2.75, 3.05) is 11.9 Å². The summed E-state index contributed by atoms with van der Waals surface area (Å²) in [7, 11) is 1.38. The zero-order valence-electron chi connectivity index (χ0n) is 11.0. The fraction of sp³-hybridized carbons (Fsp3) is 0.167. The number of ether oxygens (including phenoxy) is 1. The molecule has 0 aliphatic carbocycles. The van der Waals surface area contributed by atoms with Crippen LogP contribution >= 0.6 is 10.7 Å². The van der Waals surface area contributed by atoms with Gasteiger partial charge in [0.05, 0.1) is 6.61 Å². The van der Waals surface area contributed by atoms with Crippen LogP contribution in [0.4, 0.5) is 5.69 Å². The third-order valence-corrected chi connectivity index (χ3v) is 3.85. The lowest BCUT2D eigenvalue weighted by molar-refractivity contribution is 0.102. The molecule has 0 bridgehead atoms. The summed E-state index contributed by atoms with van der Waals surface area (Å²) in [4.78, 5) is 11.7. The minimum atomic E-state index is -3.99. The summed E-state index contributed by atoms with van der Waals surface area (Å²) in [5.41, 5.74) is 0.524. The molecule has 2 rings (SSSR count). The minimum Gasteiger partial charge on any atom is -0.492 e. The highest BCUT2D eigenvalue weighted by Crippen LogP contribution is 2.30. The maximum atomic E-state index is 11.9. The van der Waals surface area contributed by atoms with E-state index in [0.717, 1.165) is 0 Å². The van der Waals surface area contributed by atoms with Crippen molar-refractivity contribution in [2.45, 2.75) is 11.8 Å². The molecule has 0 saturated carbocycles. The van der Waals surface area contributed by atoms with Gasteiger partial charge in [0.15, 0.2) is 0 Å². The second-order valence-corrected chi connectivity index (χ2v) is 6.49. The van der Waals surface area contributed by atoms with E-state index in [4.69, 9.17) is 15.4 Å². The predicted molar refractivity (Wildman–Crippen MR) is 77.2 cm³/mol. The lowest BCUT2D eigenvalue weighted by Crippen LogP contribution is -2.13. The SMILES string of the molecule is CCOc1ccc(NC(=O)c2ccn[nH]2)cc1S(=O)(=O)Cl. The van der Waals surface area contributed by atoms with Gasteiger partial charge in [-0.05, 0) is 31.2 Å². The Morgan fingerprint density at radius 1 is 1.43 bits per heavy atom. The van der Waals surface area contributed by atoms with Crippen molar-refractivity contribution in [3.8, 4) is 5.75 Å². The van der Waals surface area contributed by atoms with Gasteiger partial charge in [-0.3, -0.25) is 9.89 Å². The molecule has 1 amide bonds. The van der Waals surface area contributed by atoms with Crippen LogP contribution in [0.2, 0.25) is 0 Å². The number of carbonyl (C=O) groups excluding carboxylic acids is 1. The van der Waals surface area contributed by atoms with E-state index in [1.807, 2.05) is 0 Å². The Morgan fingerprint density at radius 3 is 2.76 bits per heavy atom. The number of nitrogens with zero attached hydrogens (tertiary/aromatic N) is 1. The fourth-order valence-electron chi connectivity index (χ4n) is 1.63. The average Bonchev–Trinajstić information content (AvgIpc) is 2.93. The molecular weight excluding hydrogens is 318 g/mol. The van der Waals surface area contributed by atoms with Gasteiger partial charge in [0.25, 0.3) is 15.0 Å². The first kappa shape index (κ1) is 15.3. The Bertz CT molecular complexity index is 744. The van der Waals surface area contributed by atoms with Crippen LogP contribution < -0.4 is 10.1 Å². The molecular formula is C12H12ClN3O4S. The van der Waals surface area contributed by atoms with Crippen LogP contribution in [-0.4, -0.2) is 31.1 Å². The van der Waals surface area contributed by atoms with Crippen LogP contribution in [0.1, 0.15) is 17.4 Å². The first-order valence-corrected chi connectivity index (χ1v) is 8.25. The standard InChI is InChI=1S/C12H12ClN3O4S/c1-2-20-10-4-3-8(7-11(10)21(13,18)19)15-12(17)9-5-6-14-16-9/h3-7H,2H2,1H3,(H,14,16)(H,15,17). The number of anilines is 1. The number of rotatable bonds is 5. The molecule has 21 heavy (non-hydrogen) atoms. The Hall–Kier alpha value is -2.06. The summed E-state index contributed by atoms with van der Waals surface area (Å²) in [6.45, 7) is 2.01. The summed E-state index contributed by atoms with van der Waals surface area (Å²) in [5.74, 6) is -0.318. The number of nitrogens with one attached hydrogen (secondary N) is 2. The first-order chi connectivity index (χ1) is 9.91. The molecule has 0 atom stereocenters. The number of aromatic nitrogens is 2. The zero-order chi connectivity index (χ0) is 15.5. The maximum Gasteiger partial charge on any atom is 0.273 e. The van der Waals surface area contributed by atoms with Gasteiger partial charge in [-0.25, -0.2) is 8.42 Å². The minimum absolute atomic E-state index is 0.132. The van der Waals surface area contributed by atoms with Crippen LogP contribution in [-0.2, 0) is 9.05 Å². The lowest BCUT2D eigenvalue weighted by atomic mass is 10.3. The number of carbonyl (C=O) groups is 1. The largest absolute Gasteiger partial charge is 0.492 e. The molecule has 0 aliphatic rings. The Morgan fingerprint density at radius 2 is 2.19 bits per heavy atom. The molecule has 1 aromatic heterocycles. The predicted octanol–water partition coefficient (Wildman–Crippen LogP) is 1.99. The third-order valence-electron chi connectivity index (χ3n) is 2.51. The van der Waals surface area contributed by atoms with Crippen molar-refractivity contribution in [1.82, 2.24) is 10.2 Å². The third kappa shape index (κ3) is 3.73. The Labute approximate surface area is 125 Å². The van der Waals surface area contributed by atoms with Crippen molar-refractivity contribution in [1.29, 1.82) is 0 Å². The van der Waals surface area contributed by atoms with E-state index >= 15 is 0 Å². The van der Waals surface area contributed by atoms with Crippen molar-refractivity contribution in [2.24, 2.45) is 0 Å². The molecule has 112 valence electrons. The summed E-state index contributed by atoms with van der Waals surface area (Å²) >= 11 is 0. The molecule has 7 nitrogen and oxygen atoms in total. The second-order valence-electron chi connectivity index (χ2n) is 3.96. The molecule has 1 heterocycles. The molecule has 9 heteroatoms. The molecule has 2 aromatic rings. The van der Waals surface area contributed by atoms with E-state index < -0.39 is 15.0 Å². The summed E-state index contributed by atoms with van der Waals surface area (Å²) < 4.78 is 28.3. The van der Waals surface area contributed by atoms with Crippen LogP contribution in [0, 0.1) is 0 Å². The van der Waals surface area contributed by atoms with E-state index in [-0.39, 0.29) is 22.0 Å². The second kappa shape index (κ2) is 6.15. The highest BCUT2D eigenvalue weighted by molar-refractivity contribution is 8.13. The highest BCUT2D eigenvalue weighted by atomic mass is 35.7. The van der Waals surface area contributed by atoms with Crippen LogP contribution in [0.5, 0.6) is 5.75 Å². The molecule has 1 aromatic carbocycles. The van der Waals surface area contributed by atoms with Crippen LogP contribution in [0.3, 0.4) is 0 Å². The van der Waals surface area contributed by atoms with Gasteiger partial charge in [0, 0.05) is 22.6 Å². The number of H-pyrrole nitrogens is 1. The molecule has 2 N–H and O–H groups in total. The van der Waals surface area contributed by atoms with E-state index in [2.05, 4.69) is 15.5 Å². The number of hydrogen-bond donors (Lipinski definition) is 2. The van der Waals surface area contributed by atoms with Crippen LogP contribution in [0.15, 0.2) is 35.4 Å². The topological polar surface area (TPSA) is 101 Å². The van der Waals surface area contributed by atoms with Crippen molar-refractivity contribution >= 4 is 31.3 Å². The number of aromatic amines is 1. The molecule has 0 aliphatic heterocycles. The summed E-state index contributed by atoms with van der Waals surface area (Å²) in [6, 6.07) is 5.68. The van der Waals surface area contributed by atoms with E-state index in [9.17, 15) is 13.2 Å². The van der Waals surface area contributed by atoms with Crippen LogP contribution in [0.25, 0.3) is 0 Å². The normalized spacial score (nSPS) is 11.1. The average molecular weight is 330 g/mol. The van der Waals surface area contributed by atoms with Gasteiger partial charge in [0.2, 0.25) is 0 Å². The van der Waals surface area contributed by atoms with Gasteiger partial charge >= 0.3 is 0 Å². The van der Waals surface area contributed by atoms with E-state index in [1.54, 1.807) is 6.92 Å². The van der Waals surface area contributed by atoms with E-state index in [0.29, 0.717) is 6.61 Å². The molecule has 0 unspecified atom stereocenters. The summed E-state index contributed by atoms with van der Waals surface area (Å²) in [6.07, 6.45) is 1.43. The summed E-state index contributed by atoms with van der Waals surface area (Å²) in [5, 5.41) is 8.70. The molecule has 0 radical (unpaired) electrons. The smallest absolute Gasteiger partial charge is 0.273 e. The molecule has 0 spiro atoms. The van der Waals surface area contributed by atoms with E-state index in [1.165, 1.54) is 30.5 Å². The van der Waals surface area contributed by atoms with Gasteiger partial charge < -0.3 is 10.1 Å². The highest BCUT2D eigenvalue weighted by Gasteiger charge is 2.18. The number of halogens is 1. The first-order valence-electron chi connectivity index (χ1n) is 5.94. The van der Waals surface area contributed by atoms with Crippen molar-refractivity contribution in [3.05, 3.63) is 36.2 Å². The molecule has 0 fully saturated rings. The number of amides is 1. The van der Waals surface area contributed by atoms with Crippen molar-refractivity contribution in [3.63, 3.8) is 0 Å². The Balaban J connectivity index is 2.32. The lowest BCUT2D eigenvalue weighted by Gasteiger charge is -2.10. The Kier molecular flexibility index (Phi) is 4.49. The quantitative estimate of drug-likeness (QED) is 0.817. The van der Waals surface area contributed by atoms with Crippen molar-refractivity contribution < 1.29 is 17.9 Å².